The number of hydrogen-bond acceptors (Lipinski definition) is 14. The van der Waals surface area contributed by atoms with Gasteiger partial charge in [-0.1, -0.05) is 105 Å². The molecule has 1 aromatic carbocycles. The van der Waals surface area contributed by atoms with Crippen LogP contribution in [0.4, 0.5) is 4.79 Å². The molecular weight excluding hydrogens is 1130 g/mol. The quantitative estimate of drug-likeness (QED) is 0.0396. The summed E-state index contributed by atoms with van der Waals surface area (Å²) in [6.07, 6.45) is 4.07. The Morgan fingerprint density at radius 1 is 0.727 bits per heavy atom. The first-order chi connectivity index (χ1) is 41.5. The predicted molar refractivity (Wildman–Crippen MR) is 329 cm³/mol. The minimum Gasteiger partial charge on any atom is -0.481 e. The van der Waals surface area contributed by atoms with Crippen molar-refractivity contribution in [2.75, 3.05) is 54.5 Å². The first-order valence-corrected chi connectivity index (χ1v) is 31.1. The molecule has 0 aliphatic carbocycles. The van der Waals surface area contributed by atoms with Crippen LogP contribution >= 0.6 is 0 Å². The van der Waals surface area contributed by atoms with E-state index in [4.69, 9.17) is 15.2 Å². The van der Waals surface area contributed by atoms with Gasteiger partial charge in [0.2, 0.25) is 35.4 Å². The van der Waals surface area contributed by atoms with Crippen LogP contribution in [0, 0.1) is 41.4 Å². The van der Waals surface area contributed by atoms with Gasteiger partial charge in [-0.3, -0.25) is 57.6 Å². The molecule has 24 nitrogen and oxygen atoms in total. The Morgan fingerprint density at radius 3 is 1.91 bits per heavy atom. The van der Waals surface area contributed by atoms with Crippen molar-refractivity contribution in [1.29, 1.82) is 0 Å². The number of carboxylic acid groups (broad SMARTS) is 1. The Morgan fingerprint density at radius 2 is 1.35 bits per heavy atom. The summed E-state index contributed by atoms with van der Waals surface area (Å²) < 4.78 is 12.0. The number of nitrogens with two attached hydrogens (primary N) is 1. The smallest absolute Gasteiger partial charge is 0.312 e. The summed E-state index contributed by atoms with van der Waals surface area (Å²) in [4.78, 5) is 165. The number of nitrogens with zero attached hydrogens (tertiary/aromatic N) is 4. The van der Waals surface area contributed by atoms with Crippen molar-refractivity contribution in [2.45, 2.75) is 188 Å². The van der Waals surface area contributed by atoms with Gasteiger partial charge in [-0.25, -0.2) is 4.79 Å². The summed E-state index contributed by atoms with van der Waals surface area (Å²) >= 11 is 0. The maximum absolute atomic E-state index is 14.8. The van der Waals surface area contributed by atoms with Crippen LogP contribution in [0.25, 0.3) is 0 Å². The van der Waals surface area contributed by atoms with Crippen molar-refractivity contribution in [1.82, 2.24) is 40.9 Å². The number of nitrogens with one attached hydrogen (secondary N) is 4. The third-order valence-electron chi connectivity index (χ3n) is 17.2. The van der Waals surface area contributed by atoms with E-state index in [2.05, 4.69) is 21.3 Å². The number of carbonyl (C=O) groups excluding carboxylic acids is 11. The summed E-state index contributed by atoms with van der Waals surface area (Å²) in [5.41, 5.74) is 6.05. The molecule has 1 unspecified atom stereocenters. The normalized spacial score (nSPS) is 17.5. The standard InChI is InChI=1S/C64H101N9O15/c1-14-41(8)58(49(87-12)36-53(79)72-32-22-26-46(72)59(88-13)42(9)47(74)35-45(63(84)85)33-43-23-17-15-18-24-43)71(11)62(83)56(39(4)5)69-61(82)57(40(6)7)70(10)54(80)37-67-60(81)44(25-21-30-66-64(65)86)34-48(75)55(38(2)3)68-50(76)27-19-16-20-31-73-51(77)28-29-52(73)78/h15,17-18,23-24,28-29,38-42,44-46,49,55-59H,14,16,19-22,25-27,30-37H2,1-13H3,(H,67,81)(H,68,76)(H,69,82)(H,84,85)(H3,65,66,86)/t41-,42-,44+,45+,46-,49+,55-,56-,57-,58?,59+/m0/s1. The number of carbonyl (C=O) groups is 12. The number of amides is 10. The van der Waals surface area contributed by atoms with E-state index in [-0.39, 0.29) is 99.3 Å². The van der Waals surface area contributed by atoms with Gasteiger partial charge >= 0.3 is 12.0 Å². The lowest BCUT2D eigenvalue weighted by molar-refractivity contribution is -0.149. The molecule has 1 aromatic rings. The average molecular weight is 1240 g/mol. The van der Waals surface area contributed by atoms with Gasteiger partial charge < -0.3 is 56.3 Å². The lowest BCUT2D eigenvalue weighted by atomic mass is 9.85. The van der Waals surface area contributed by atoms with Crippen molar-refractivity contribution in [3.8, 4) is 0 Å². The molecule has 11 atom stereocenters. The van der Waals surface area contributed by atoms with Gasteiger partial charge in [0, 0.05) is 91.2 Å². The molecular formula is C64H101N9O15. The number of urea groups is 1. The highest BCUT2D eigenvalue weighted by Crippen LogP contribution is 2.31. The number of hydrogen-bond donors (Lipinski definition) is 6. The van der Waals surface area contributed by atoms with Gasteiger partial charge in [0.15, 0.2) is 5.78 Å². The van der Waals surface area contributed by atoms with Gasteiger partial charge in [0.1, 0.15) is 17.9 Å². The number of primary amides is 1. The van der Waals surface area contributed by atoms with Crippen molar-refractivity contribution in [3.63, 3.8) is 0 Å². The van der Waals surface area contributed by atoms with Gasteiger partial charge in [0.05, 0.1) is 49.2 Å². The Bertz CT molecular complexity index is 2560. The number of Topliss-reactive ketones (excluding diaryl/α,β-unsaturated/α-hetero) is 2. The maximum Gasteiger partial charge on any atom is 0.312 e. The summed E-state index contributed by atoms with van der Waals surface area (Å²) in [6.45, 7) is 16.3. The number of imide groups is 1. The van der Waals surface area contributed by atoms with Crippen LogP contribution in [0.2, 0.25) is 0 Å². The second-order valence-electron chi connectivity index (χ2n) is 24.7. The molecule has 1 fully saturated rings. The van der Waals surface area contributed by atoms with Crippen molar-refractivity contribution >= 4 is 70.8 Å². The highest BCUT2D eigenvalue weighted by Gasteiger charge is 2.44. The fourth-order valence-corrected chi connectivity index (χ4v) is 11.9. The second-order valence-corrected chi connectivity index (χ2v) is 24.7. The summed E-state index contributed by atoms with van der Waals surface area (Å²) in [7, 11) is 5.97. The number of likely N-dealkylation sites (tertiary alicyclic amines) is 1. The van der Waals surface area contributed by atoms with Gasteiger partial charge in [-0.2, -0.15) is 0 Å². The van der Waals surface area contributed by atoms with Crippen molar-refractivity contribution in [3.05, 3.63) is 48.0 Å². The number of benzene rings is 1. The number of carboxylic acids is 1. The molecule has 0 saturated carbocycles. The van der Waals surface area contributed by atoms with E-state index in [1.165, 1.54) is 43.2 Å². The van der Waals surface area contributed by atoms with Crippen LogP contribution in [0.1, 0.15) is 145 Å². The first kappa shape index (κ1) is 75.2. The minimum atomic E-state index is -1.13. The highest BCUT2D eigenvalue weighted by molar-refractivity contribution is 6.12. The summed E-state index contributed by atoms with van der Waals surface area (Å²) in [5.74, 6) is -9.82. The Balaban J connectivity index is 1.72. The number of likely N-dealkylation sites (N-methyl/N-ethyl adjacent to an activating group) is 2. The van der Waals surface area contributed by atoms with Gasteiger partial charge in [-0.05, 0) is 74.2 Å². The van der Waals surface area contributed by atoms with E-state index in [1.807, 2.05) is 44.2 Å². The van der Waals surface area contributed by atoms with Crippen LogP contribution in [0.5, 0.6) is 0 Å². The summed E-state index contributed by atoms with van der Waals surface area (Å²) in [5, 5.41) is 20.9. The van der Waals surface area contributed by atoms with Crippen LogP contribution in [0.3, 0.4) is 0 Å². The number of ether oxygens (including phenoxy) is 2. The molecule has 0 aromatic heterocycles. The van der Waals surface area contributed by atoms with Crippen LogP contribution in [0.15, 0.2) is 42.5 Å². The number of rotatable bonds is 40. The van der Waals surface area contributed by atoms with Crippen LogP contribution in [-0.2, 0) is 68.6 Å². The molecule has 0 spiro atoms. The Hall–Kier alpha value is -7.08. The van der Waals surface area contributed by atoms with Gasteiger partial charge in [-0.15, -0.1) is 0 Å². The molecule has 3 rings (SSSR count). The van der Waals surface area contributed by atoms with E-state index in [9.17, 15) is 62.6 Å². The van der Waals surface area contributed by atoms with Crippen molar-refractivity contribution < 1.29 is 72.1 Å². The number of unbranched alkanes of at least 4 members (excludes halogenated alkanes) is 2. The third kappa shape index (κ3) is 22.5. The average Bonchev–Trinajstić information content (AvgIpc) is 4.19. The third-order valence-corrected chi connectivity index (χ3v) is 17.2. The molecule has 2 aliphatic rings. The highest BCUT2D eigenvalue weighted by atomic mass is 16.5. The molecule has 10 amide bonds. The monoisotopic (exact) mass is 1240 g/mol. The zero-order chi connectivity index (χ0) is 66.1. The SMILES string of the molecule is CC[C@H](C)C([C@@H](CC(=O)N1CCC[C@H]1[C@H](OC)[C@@H](C)C(=O)C[C@@H](Cc1ccccc1)C(=O)O)OC)N(C)C(=O)[C@@H](NC(=O)[C@H](C(C)C)N(C)C(=O)CNC(=O)[C@H](CCCNC(N)=O)CC(=O)[C@@H](NC(=O)CCCCCN1C(=O)C=CC1=O)C(C)C)C(C)C. The number of ketones is 2. The molecule has 0 bridgehead atoms. The molecule has 492 valence electrons. The molecule has 1 saturated heterocycles. The van der Waals surface area contributed by atoms with E-state index in [1.54, 1.807) is 60.4 Å². The number of aliphatic carboxylic acids is 1. The molecule has 7 N–H and O–H groups in total. The van der Waals surface area contributed by atoms with Crippen LogP contribution < -0.4 is 27.0 Å². The van der Waals surface area contributed by atoms with Crippen LogP contribution in [-0.4, -0.2) is 192 Å². The largest absolute Gasteiger partial charge is 0.481 e. The molecule has 0 radical (unpaired) electrons. The lowest BCUT2D eigenvalue weighted by Crippen LogP contribution is -2.60. The van der Waals surface area contributed by atoms with Gasteiger partial charge in [0.25, 0.3) is 11.8 Å². The van der Waals surface area contributed by atoms with E-state index >= 15 is 0 Å². The van der Waals surface area contributed by atoms with E-state index < -0.39 is 120 Å². The molecule has 2 heterocycles. The van der Waals surface area contributed by atoms with Crippen molar-refractivity contribution in [2.24, 2.45) is 47.2 Å². The summed E-state index contributed by atoms with van der Waals surface area (Å²) in [6, 6.07) is 3.98. The Labute approximate surface area is 519 Å². The predicted octanol–water partition coefficient (Wildman–Crippen LogP) is 4.20. The second kappa shape index (κ2) is 37.0. The number of methoxy groups -OCH3 is 2. The first-order valence-electron chi connectivity index (χ1n) is 31.1. The van der Waals surface area contributed by atoms with E-state index in [0.717, 1.165) is 10.5 Å². The fraction of sp³-hybridized carbons (Fsp3) is 0.688. The topological polar surface area (TPSA) is 331 Å². The lowest BCUT2D eigenvalue weighted by Gasteiger charge is -2.41. The zero-order valence-corrected chi connectivity index (χ0v) is 54.2. The molecule has 88 heavy (non-hydrogen) atoms. The maximum atomic E-state index is 14.8. The molecule has 24 heteroatoms. The minimum absolute atomic E-state index is 0.0791. The fourth-order valence-electron chi connectivity index (χ4n) is 11.9. The Kier molecular flexibility index (Phi) is 31.6. The molecule has 2 aliphatic heterocycles. The van der Waals surface area contributed by atoms with E-state index in [0.29, 0.717) is 45.1 Å². The zero-order valence-electron chi connectivity index (χ0n) is 54.2.